The van der Waals surface area contributed by atoms with Gasteiger partial charge in [-0.2, -0.15) is 0 Å². The number of hydrogen-bond acceptors (Lipinski definition) is 3. The SMILES string of the molecule is Nc1c(Br)cc(C(=O)O)c2c1CCO2. The van der Waals surface area contributed by atoms with Crippen LogP contribution in [0.1, 0.15) is 15.9 Å². The van der Waals surface area contributed by atoms with Crippen molar-refractivity contribution in [2.45, 2.75) is 6.42 Å². The molecule has 74 valence electrons. The third-order valence-corrected chi connectivity index (χ3v) is 2.86. The van der Waals surface area contributed by atoms with Crippen molar-refractivity contribution < 1.29 is 14.6 Å². The Hall–Kier alpha value is -1.23. The molecule has 0 aromatic heterocycles. The molecule has 14 heavy (non-hydrogen) atoms. The first kappa shape index (κ1) is 9.33. The monoisotopic (exact) mass is 257 g/mol. The second-order valence-electron chi connectivity index (χ2n) is 3.03. The van der Waals surface area contributed by atoms with Crippen molar-refractivity contribution in [1.29, 1.82) is 0 Å². The van der Waals surface area contributed by atoms with Crippen molar-refractivity contribution in [3.05, 3.63) is 21.7 Å². The Morgan fingerprint density at radius 2 is 2.36 bits per heavy atom. The Morgan fingerprint density at radius 3 is 3.00 bits per heavy atom. The highest BCUT2D eigenvalue weighted by Crippen LogP contribution is 2.38. The van der Waals surface area contributed by atoms with E-state index in [2.05, 4.69) is 15.9 Å². The summed E-state index contributed by atoms with van der Waals surface area (Å²) in [7, 11) is 0. The Bertz CT molecular complexity index is 417. The summed E-state index contributed by atoms with van der Waals surface area (Å²) in [4.78, 5) is 10.9. The standard InChI is InChI=1S/C9H8BrNO3/c10-6-3-5(9(12)13)8-4(7(6)11)1-2-14-8/h3H,1-2,11H2,(H,12,13). The van der Waals surface area contributed by atoms with Gasteiger partial charge in [-0.05, 0) is 22.0 Å². The molecule has 3 N–H and O–H groups in total. The molecule has 5 heteroatoms. The van der Waals surface area contributed by atoms with Crippen LogP contribution >= 0.6 is 15.9 Å². The van der Waals surface area contributed by atoms with E-state index < -0.39 is 5.97 Å². The fourth-order valence-electron chi connectivity index (χ4n) is 1.53. The number of rotatable bonds is 1. The van der Waals surface area contributed by atoms with E-state index in [1.807, 2.05) is 0 Å². The molecule has 0 fully saturated rings. The smallest absolute Gasteiger partial charge is 0.339 e. The minimum atomic E-state index is -0.996. The van der Waals surface area contributed by atoms with Crippen LogP contribution in [0.15, 0.2) is 10.5 Å². The van der Waals surface area contributed by atoms with Crippen LogP contribution in [0.3, 0.4) is 0 Å². The first-order valence-electron chi connectivity index (χ1n) is 4.08. The molecule has 0 atom stereocenters. The Balaban J connectivity index is 2.70. The highest BCUT2D eigenvalue weighted by atomic mass is 79.9. The fourth-order valence-corrected chi connectivity index (χ4v) is 1.99. The van der Waals surface area contributed by atoms with Crippen molar-refractivity contribution in [3.8, 4) is 5.75 Å². The maximum atomic E-state index is 10.9. The number of aromatic carboxylic acids is 1. The predicted molar refractivity (Wildman–Crippen MR) is 54.7 cm³/mol. The van der Waals surface area contributed by atoms with Crippen LogP contribution < -0.4 is 10.5 Å². The lowest BCUT2D eigenvalue weighted by Gasteiger charge is -2.08. The van der Waals surface area contributed by atoms with Crippen molar-refractivity contribution in [1.82, 2.24) is 0 Å². The largest absolute Gasteiger partial charge is 0.492 e. The first-order chi connectivity index (χ1) is 6.61. The molecule has 0 saturated heterocycles. The van der Waals surface area contributed by atoms with Gasteiger partial charge < -0.3 is 15.6 Å². The van der Waals surface area contributed by atoms with Crippen molar-refractivity contribution >= 4 is 27.6 Å². The van der Waals surface area contributed by atoms with Crippen LogP contribution in [0.4, 0.5) is 5.69 Å². The van der Waals surface area contributed by atoms with Gasteiger partial charge in [0.05, 0.1) is 12.3 Å². The Labute approximate surface area is 88.8 Å². The van der Waals surface area contributed by atoms with E-state index in [1.54, 1.807) is 0 Å². The highest BCUT2D eigenvalue weighted by Gasteiger charge is 2.24. The molecule has 1 aliphatic heterocycles. The average Bonchev–Trinajstić information content (AvgIpc) is 2.59. The molecule has 0 saturated carbocycles. The van der Waals surface area contributed by atoms with E-state index in [0.717, 1.165) is 5.56 Å². The zero-order chi connectivity index (χ0) is 10.3. The summed E-state index contributed by atoms with van der Waals surface area (Å²) < 4.78 is 5.86. The lowest BCUT2D eigenvalue weighted by molar-refractivity contribution is 0.0693. The number of hydrogen-bond donors (Lipinski definition) is 2. The molecule has 0 aliphatic carbocycles. The zero-order valence-corrected chi connectivity index (χ0v) is 8.80. The summed E-state index contributed by atoms with van der Waals surface area (Å²) in [5.74, 6) is -0.581. The molecule has 4 nitrogen and oxygen atoms in total. The fraction of sp³-hybridized carbons (Fsp3) is 0.222. The molecule has 2 rings (SSSR count). The van der Waals surface area contributed by atoms with Gasteiger partial charge in [0.25, 0.3) is 0 Å². The first-order valence-corrected chi connectivity index (χ1v) is 4.87. The molecule has 0 amide bonds. The minimum Gasteiger partial charge on any atom is -0.492 e. The second kappa shape index (κ2) is 3.16. The van der Waals surface area contributed by atoms with Crippen LogP contribution in [-0.2, 0) is 6.42 Å². The molecule has 1 aliphatic rings. The number of ether oxygens (including phenoxy) is 1. The molecule has 1 aromatic rings. The number of fused-ring (bicyclic) bond motifs is 1. The van der Waals surface area contributed by atoms with E-state index in [1.165, 1.54) is 6.07 Å². The molecule has 1 heterocycles. The molecule has 0 unspecified atom stereocenters. The number of nitrogens with two attached hydrogens (primary N) is 1. The van der Waals surface area contributed by atoms with E-state index in [9.17, 15) is 4.79 Å². The summed E-state index contributed by atoms with van der Waals surface area (Å²) in [6.07, 6.45) is 0.668. The zero-order valence-electron chi connectivity index (χ0n) is 7.21. The molecular weight excluding hydrogens is 250 g/mol. The number of anilines is 1. The minimum absolute atomic E-state index is 0.165. The van der Waals surface area contributed by atoms with Crippen molar-refractivity contribution in [3.63, 3.8) is 0 Å². The quantitative estimate of drug-likeness (QED) is 0.751. The molecule has 1 aromatic carbocycles. The maximum absolute atomic E-state index is 10.9. The van der Waals surface area contributed by atoms with Crippen LogP contribution in [0.2, 0.25) is 0 Å². The van der Waals surface area contributed by atoms with Crippen molar-refractivity contribution in [2.24, 2.45) is 0 Å². The lowest BCUT2D eigenvalue weighted by atomic mass is 10.1. The Kier molecular flexibility index (Phi) is 2.11. The third kappa shape index (κ3) is 1.24. The third-order valence-electron chi connectivity index (χ3n) is 2.20. The number of carbonyl (C=O) groups is 1. The summed E-state index contributed by atoms with van der Waals surface area (Å²) >= 11 is 3.22. The van der Waals surface area contributed by atoms with Crippen LogP contribution in [0.25, 0.3) is 0 Å². The van der Waals surface area contributed by atoms with Gasteiger partial charge in [-0.15, -0.1) is 0 Å². The number of carboxylic acid groups (broad SMARTS) is 1. The van der Waals surface area contributed by atoms with E-state index in [-0.39, 0.29) is 5.56 Å². The molecule has 0 radical (unpaired) electrons. The Morgan fingerprint density at radius 1 is 1.64 bits per heavy atom. The van der Waals surface area contributed by atoms with E-state index >= 15 is 0 Å². The molecule has 0 spiro atoms. The second-order valence-corrected chi connectivity index (χ2v) is 3.89. The molecule has 0 bridgehead atoms. The normalized spacial score (nSPS) is 13.5. The van der Waals surface area contributed by atoms with Gasteiger partial charge >= 0.3 is 5.97 Å². The van der Waals surface area contributed by atoms with Gasteiger partial charge in [-0.1, -0.05) is 0 Å². The van der Waals surface area contributed by atoms with E-state index in [0.29, 0.717) is 28.9 Å². The predicted octanol–water partition coefficient (Wildman–Crippen LogP) is 1.66. The number of benzene rings is 1. The number of carboxylic acids is 1. The number of nitrogen functional groups attached to an aromatic ring is 1. The lowest BCUT2D eigenvalue weighted by Crippen LogP contribution is -2.02. The van der Waals surface area contributed by atoms with Gasteiger partial charge in [0, 0.05) is 16.5 Å². The van der Waals surface area contributed by atoms with Gasteiger partial charge in [0.1, 0.15) is 11.3 Å². The van der Waals surface area contributed by atoms with Gasteiger partial charge in [-0.3, -0.25) is 0 Å². The van der Waals surface area contributed by atoms with Crippen LogP contribution in [-0.4, -0.2) is 17.7 Å². The summed E-state index contributed by atoms with van der Waals surface area (Å²) in [5.41, 5.74) is 7.31. The average molecular weight is 258 g/mol. The number of halogens is 1. The summed E-state index contributed by atoms with van der Waals surface area (Å²) in [6, 6.07) is 1.47. The van der Waals surface area contributed by atoms with E-state index in [4.69, 9.17) is 15.6 Å². The maximum Gasteiger partial charge on any atom is 0.339 e. The topological polar surface area (TPSA) is 72.6 Å². The van der Waals surface area contributed by atoms with Gasteiger partial charge in [0.2, 0.25) is 0 Å². The van der Waals surface area contributed by atoms with Crippen LogP contribution in [0.5, 0.6) is 5.75 Å². The van der Waals surface area contributed by atoms with Gasteiger partial charge in [0.15, 0.2) is 0 Å². The highest BCUT2D eigenvalue weighted by molar-refractivity contribution is 9.10. The summed E-state index contributed by atoms with van der Waals surface area (Å²) in [6.45, 7) is 0.496. The summed E-state index contributed by atoms with van der Waals surface area (Å²) in [5, 5.41) is 8.92. The van der Waals surface area contributed by atoms with Gasteiger partial charge in [-0.25, -0.2) is 4.79 Å². The van der Waals surface area contributed by atoms with Crippen LogP contribution in [0, 0.1) is 0 Å². The molecular formula is C9H8BrNO3. The van der Waals surface area contributed by atoms with Crippen molar-refractivity contribution in [2.75, 3.05) is 12.3 Å².